The third kappa shape index (κ3) is 5.92. The molecule has 1 aromatic heterocycles. The van der Waals surface area contributed by atoms with Gasteiger partial charge in [0.15, 0.2) is 0 Å². The molecular weight excluding hydrogens is 364 g/mol. The molecule has 1 aromatic carbocycles. The number of para-hydroxylation sites is 1. The van der Waals surface area contributed by atoms with E-state index in [4.69, 9.17) is 0 Å². The minimum Gasteiger partial charge on any atom is -0.336 e. The molecule has 158 valence electrons. The quantitative estimate of drug-likeness (QED) is 0.735. The highest BCUT2D eigenvalue weighted by Crippen LogP contribution is 2.19. The molecule has 6 heteroatoms. The second-order valence-electron chi connectivity index (χ2n) is 8.29. The average molecular weight is 399 g/mol. The molecule has 1 heterocycles. The summed E-state index contributed by atoms with van der Waals surface area (Å²) < 4.78 is 2.03. The number of aryl methyl sites for hydroxylation is 3. The van der Waals surface area contributed by atoms with Crippen LogP contribution in [0.1, 0.15) is 48.3 Å². The number of carbonyl (C=O) groups excluding carboxylic acids is 2. The number of hydrogen-bond acceptors (Lipinski definition) is 3. The molecule has 0 aliphatic heterocycles. The highest BCUT2D eigenvalue weighted by atomic mass is 16.2. The fraction of sp³-hybridized carbons (Fsp3) is 0.522. The highest BCUT2D eigenvalue weighted by molar-refractivity contribution is 5.95. The van der Waals surface area contributed by atoms with Crippen LogP contribution in [0.15, 0.2) is 18.2 Å². The number of benzene rings is 1. The predicted octanol–water partition coefficient (Wildman–Crippen LogP) is 3.80. The summed E-state index contributed by atoms with van der Waals surface area (Å²) in [6, 6.07) is 5.88. The Morgan fingerprint density at radius 1 is 1.14 bits per heavy atom. The predicted molar refractivity (Wildman–Crippen MR) is 117 cm³/mol. The zero-order valence-electron chi connectivity index (χ0n) is 18.8. The standard InChI is InChI=1S/C23H34N4O2/c1-15(2)13-27-19(6)20(18(5)25-27)11-12-22(29)26(7)14-21(28)24-23-16(3)9-8-10-17(23)4/h8-10,15H,11-14H2,1-7H3,(H,24,28). The van der Waals surface area contributed by atoms with Crippen LogP contribution in [0.4, 0.5) is 5.69 Å². The Hall–Kier alpha value is -2.63. The van der Waals surface area contributed by atoms with Gasteiger partial charge in [-0.15, -0.1) is 0 Å². The van der Waals surface area contributed by atoms with Crippen molar-refractivity contribution in [2.24, 2.45) is 5.92 Å². The number of rotatable bonds is 8. The van der Waals surface area contributed by atoms with Gasteiger partial charge < -0.3 is 10.2 Å². The first kappa shape index (κ1) is 22.7. The van der Waals surface area contributed by atoms with E-state index in [1.54, 1.807) is 7.05 Å². The summed E-state index contributed by atoms with van der Waals surface area (Å²) in [7, 11) is 1.68. The number of anilines is 1. The molecule has 0 unspecified atom stereocenters. The molecule has 6 nitrogen and oxygen atoms in total. The second kappa shape index (κ2) is 9.72. The number of aromatic nitrogens is 2. The van der Waals surface area contributed by atoms with Crippen LogP contribution < -0.4 is 5.32 Å². The van der Waals surface area contributed by atoms with Crippen LogP contribution in [0.3, 0.4) is 0 Å². The average Bonchev–Trinajstić information content (AvgIpc) is 2.88. The van der Waals surface area contributed by atoms with E-state index in [-0.39, 0.29) is 18.4 Å². The van der Waals surface area contributed by atoms with Crippen LogP contribution in [0, 0.1) is 33.6 Å². The van der Waals surface area contributed by atoms with Gasteiger partial charge in [0.1, 0.15) is 0 Å². The maximum atomic E-state index is 12.6. The summed E-state index contributed by atoms with van der Waals surface area (Å²) in [5.41, 5.74) is 6.08. The molecule has 0 radical (unpaired) electrons. The van der Waals surface area contributed by atoms with Crippen LogP contribution >= 0.6 is 0 Å². The monoisotopic (exact) mass is 398 g/mol. The Morgan fingerprint density at radius 2 is 1.76 bits per heavy atom. The summed E-state index contributed by atoms with van der Waals surface area (Å²) in [6.07, 6.45) is 1.000. The Bertz CT molecular complexity index is 863. The van der Waals surface area contributed by atoms with Crippen molar-refractivity contribution in [1.29, 1.82) is 0 Å². The Morgan fingerprint density at radius 3 is 2.34 bits per heavy atom. The molecule has 2 aromatic rings. The van der Waals surface area contributed by atoms with Crippen molar-refractivity contribution >= 4 is 17.5 Å². The Balaban J connectivity index is 1.93. The van der Waals surface area contributed by atoms with Crippen LogP contribution in [0.25, 0.3) is 0 Å². The van der Waals surface area contributed by atoms with E-state index in [1.807, 2.05) is 43.7 Å². The van der Waals surface area contributed by atoms with Crippen LogP contribution in [-0.4, -0.2) is 40.1 Å². The van der Waals surface area contributed by atoms with Gasteiger partial charge in [-0.25, -0.2) is 0 Å². The van der Waals surface area contributed by atoms with E-state index in [9.17, 15) is 9.59 Å². The maximum Gasteiger partial charge on any atom is 0.243 e. The summed E-state index contributed by atoms with van der Waals surface area (Å²) in [6.45, 7) is 13.2. The molecule has 1 N–H and O–H groups in total. The second-order valence-corrected chi connectivity index (χ2v) is 8.29. The lowest BCUT2D eigenvalue weighted by Crippen LogP contribution is -2.35. The number of nitrogens with zero attached hydrogens (tertiary/aromatic N) is 3. The van der Waals surface area contributed by atoms with Crippen molar-refractivity contribution in [2.45, 2.75) is 60.9 Å². The van der Waals surface area contributed by atoms with Gasteiger partial charge in [0.2, 0.25) is 11.8 Å². The lowest BCUT2D eigenvalue weighted by Gasteiger charge is -2.18. The van der Waals surface area contributed by atoms with Gasteiger partial charge in [0.25, 0.3) is 0 Å². The van der Waals surface area contributed by atoms with Crippen molar-refractivity contribution in [3.05, 3.63) is 46.3 Å². The lowest BCUT2D eigenvalue weighted by atomic mass is 10.1. The number of amides is 2. The molecule has 2 amide bonds. The van der Waals surface area contributed by atoms with Gasteiger partial charge in [-0.3, -0.25) is 14.3 Å². The van der Waals surface area contributed by atoms with E-state index >= 15 is 0 Å². The van der Waals surface area contributed by atoms with Gasteiger partial charge in [-0.05, 0) is 56.7 Å². The zero-order valence-corrected chi connectivity index (χ0v) is 18.8. The first-order valence-corrected chi connectivity index (χ1v) is 10.2. The number of likely N-dealkylation sites (N-methyl/N-ethyl adjacent to an activating group) is 1. The number of hydrogen-bond donors (Lipinski definition) is 1. The van der Waals surface area contributed by atoms with Gasteiger partial charge in [0.05, 0.1) is 12.2 Å². The summed E-state index contributed by atoms with van der Waals surface area (Å²) in [4.78, 5) is 26.5. The summed E-state index contributed by atoms with van der Waals surface area (Å²) >= 11 is 0. The Kier molecular flexibility index (Phi) is 7.59. The van der Waals surface area contributed by atoms with Crippen molar-refractivity contribution in [1.82, 2.24) is 14.7 Å². The number of nitrogens with one attached hydrogen (secondary N) is 1. The third-order valence-corrected chi connectivity index (χ3v) is 5.21. The fourth-order valence-electron chi connectivity index (χ4n) is 3.54. The van der Waals surface area contributed by atoms with Crippen molar-refractivity contribution in [3.8, 4) is 0 Å². The largest absolute Gasteiger partial charge is 0.336 e. The van der Waals surface area contributed by atoms with E-state index < -0.39 is 0 Å². The van der Waals surface area contributed by atoms with Crippen LogP contribution in [-0.2, 0) is 22.6 Å². The summed E-state index contributed by atoms with van der Waals surface area (Å²) in [5, 5.41) is 7.54. The molecule has 0 saturated carbocycles. The zero-order chi connectivity index (χ0) is 21.7. The molecule has 29 heavy (non-hydrogen) atoms. The van der Waals surface area contributed by atoms with E-state index in [0.717, 1.165) is 40.3 Å². The lowest BCUT2D eigenvalue weighted by molar-refractivity contribution is -0.133. The molecular formula is C23H34N4O2. The Labute approximate surface area is 174 Å². The number of carbonyl (C=O) groups is 2. The third-order valence-electron chi connectivity index (χ3n) is 5.21. The smallest absolute Gasteiger partial charge is 0.243 e. The van der Waals surface area contributed by atoms with Crippen molar-refractivity contribution < 1.29 is 9.59 Å². The minimum absolute atomic E-state index is 0.0389. The van der Waals surface area contributed by atoms with Crippen LogP contribution in [0.5, 0.6) is 0 Å². The molecule has 0 aliphatic carbocycles. The SMILES string of the molecule is Cc1cccc(C)c1NC(=O)CN(C)C(=O)CCc1c(C)nn(CC(C)C)c1C. The van der Waals surface area contributed by atoms with Gasteiger partial charge in [0, 0.05) is 31.4 Å². The first-order valence-electron chi connectivity index (χ1n) is 10.2. The van der Waals surface area contributed by atoms with Crippen molar-refractivity contribution in [3.63, 3.8) is 0 Å². The fourth-order valence-corrected chi connectivity index (χ4v) is 3.54. The topological polar surface area (TPSA) is 67.2 Å². The van der Waals surface area contributed by atoms with E-state index in [1.165, 1.54) is 4.90 Å². The van der Waals surface area contributed by atoms with Crippen LogP contribution in [0.2, 0.25) is 0 Å². The minimum atomic E-state index is -0.185. The van der Waals surface area contributed by atoms with Gasteiger partial charge >= 0.3 is 0 Å². The van der Waals surface area contributed by atoms with E-state index in [0.29, 0.717) is 18.8 Å². The maximum absolute atomic E-state index is 12.6. The summed E-state index contributed by atoms with van der Waals surface area (Å²) in [5.74, 6) is 0.288. The van der Waals surface area contributed by atoms with E-state index in [2.05, 4.69) is 31.2 Å². The normalized spacial score (nSPS) is 11.0. The molecule has 2 rings (SSSR count). The molecule has 0 atom stereocenters. The first-order chi connectivity index (χ1) is 13.6. The van der Waals surface area contributed by atoms with Gasteiger partial charge in [-0.1, -0.05) is 32.0 Å². The van der Waals surface area contributed by atoms with Crippen molar-refractivity contribution in [2.75, 3.05) is 18.9 Å². The molecule has 0 aliphatic rings. The molecule has 0 saturated heterocycles. The van der Waals surface area contributed by atoms with Gasteiger partial charge in [-0.2, -0.15) is 5.10 Å². The molecule has 0 fully saturated rings. The highest BCUT2D eigenvalue weighted by Gasteiger charge is 2.17. The molecule has 0 bridgehead atoms. The molecule has 0 spiro atoms.